The van der Waals surface area contributed by atoms with Crippen LogP contribution in [0.4, 0.5) is 17.8 Å². The molecule has 0 atom stereocenters. The zero-order valence-corrected chi connectivity index (χ0v) is 13.6. The van der Waals surface area contributed by atoms with Crippen LogP contribution in [-0.2, 0) is 4.74 Å². The van der Waals surface area contributed by atoms with Crippen molar-refractivity contribution in [3.63, 3.8) is 0 Å². The molecule has 1 aromatic rings. The Labute approximate surface area is 130 Å². The number of nitrogens with one attached hydrogen (secondary N) is 2. The maximum Gasteiger partial charge on any atom is 0.232 e. The van der Waals surface area contributed by atoms with Crippen LogP contribution in [0.2, 0.25) is 0 Å². The summed E-state index contributed by atoms with van der Waals surface area (Å²) in [7, 11) is 0. The van der Waals surface area contributed by atoms with Crippen LogP contribution >= 0.6 is 11.8 Å². The Hall–Kier alpha value is -1.28. The van der Waals surface area contributed by atoms with Gasteiger partial charge in [-0.15, -0.1) is 0 Å². The lowest BCUT2D eigenvalue weighted by atomic mass is 10.4. The monoisotopic (exact) mass is 312 g/mol. The number of morpholine rings is 1. The van der Waals surface area contributed by atoms with E-state index >= 15 is 0 Å². The number of hydrogen-bond donors (Lipinski definition) is 2. The van der Waals surface area contributed by atoms with Crippen molar-refractivity contribution in [1.82, 2.24) is 15.0 Å². The van der Waals surface area contributed by atoms with Gasteiger partial charge in [-0.3, -0.25) is 0 Å². The Bertz CT molecular complexity index is 427. The van der Waals surface area contributed by atoms with Crippen molar-refractivity contribution in [2.24, 2.45) is 0 Å². The van der Waals surface area contributed by atoms with Gasteiger partial charge in [-0.1, -0.05) is 6.92 Å². The van der Waals surface area contributed by atoms with E-state index in [1.54, 1.807) is 11.8 Å². The van der Waals surface area contributed by atoms with Gasteiger partial charge in [-0.25, -0.2) is 0 Å². The second kappa shape index (κ2) is 8.89. The first kappa shape index (κ1) is 16.1. The maximum absolute atomic E-state index is 5.38. The molecule has 1 aliphatic heterocycles. The molecule has 0 aliphatic carbocycles. The van der Waals surface area contributed by atoms with Gasteiger partial charge in [-0.05, 0) is 12.7 Å². The SMILES string of the molecule is CCCNc1nc(NCCSC)nc(N2CCOCC2)n1. The minimum atomic E-state index is 0.638. The molecule has 0 amide bonds. The molecule has 0 saturated carbocycles. The van der Waals surface area contributed by atoms with E-state index < -0.39 is 0 Å². The highest BCUT2D eigenvalue weighted by Gasteiger charge is 2.16. The summed E-state index contributed by atoms with van der Waals surface area (Å²) in [5.74, 6) is 3.02. The first-order valence-corrected chi connectivity index (χ1v) is 8.78. The number of rotatable bonds is 8. The molecule has 7 nitrogen and oxygen atoms in total. The third-order valence-electron chi connectivity index (χ3n) is 3.04. The van der Waals surface area contributed by atoms with Crippen LogP contribution in [0.15, 0.2) is 0 Å². The van der Waals surface area contributed by atoms with Crippen LogP contribution in [0.5, 0.6) is 0 Å². The molecule has 2 N–H and O–H groups in total. The summed E-state index contributed by atoms with van der Waals surface area (Å²) in [6.07, 6.45) is 3.12. The second-order valence-electron chi connectivity index (χ2n) is 4.73. The molecule has 0 unspecified atom stereocenters. The van der Waals surface area contributed by atoms with Gasteiger partial charge in [-0.2, -0.15) is 26.7 Å². The quantitative estimate of drug-likeness (QED) is 0.696. The van der Waals surface area contributed by atoms with Crippen molar-refractivity contribution < 1.29 is 4.74 Å². The third-order valence-corrected chi connectivity index (χ3v) is 3.65. The van der Waals surface area contributed by atoms with Crippen molar-refractivity contribution in [1.29, 1.82) is 0 Å². The Balaban J connectivity index is 2.10. The average Bonchev–Trinajstić information content (AvgIpc) is 2.54. The van der Waals surface area contributed by atoms with Crippen LogP contribution in [0.25, 0.3) is 0 Å². The molecule has 0 bridgehead atoms. The number of ether oxygens (including phenoxy) is 1. The van der Waals surface area contributed by atoms with Gasteiger partial charge < -0.3 is 20.3 Å². The number of anilines is 3. The summed E-state index contributed by atoms with van der Waals surface area (Å²) in [6, 6.07) is 0. The largest absolute Gasteiger partial charge is 0.378 e. The van der Waals surface area contributed by atoms with E-state index in [1.165, 1.54) is 0 Å². The smallest absolute Gasteiger partial charge is 0.232 e. The van der Waals surface area contributed by atoms with E-state index in [9.17, 15) is 0 Å². The van der Waals surface area contributed by atoms with Crippen molar-refractivity contribution in [2.75, 3.05) is 66.9 Å². The lowest BCUT2D eigenvalue weighted by molar-refractivity contribution is 0.122. The van der Waals surface area contributed by atoms with E-state index in [-0.39, 0.29) is 0 Å². The standard InChI is InChI=1S/C13H24N6OS/c1-3-4-14-11-16-12(15-5-10-21-2)18-13(17-11)19-6-8-20-9-7-19/h3-10H2,1-2H3,(H2,14,15,16,17,18). The number of aromatic nitrogens is 3. The molecule has 8 heteroatoms. The zero-order valence-electron chi connectivity index (χ0n) is 12.8. The molecule has 1 aliphatic rings. The fraction of sp³-hybridized carbons (Fsp3) is 0.769. The molecule has 21 heavy (non-hydrogen) atoms. The Morgan fingerprint density at radius 2 is 1.76 bits per heavy atom. The highest BCUT2D eigenvalue weighted by molar-refractivity contribution is 7.98. The van der Waals surface area contributed by atoms with E-state index in [2.05, 4.69) is 43.7 Å². The third kappa shape index (κ3) is 5.20. The summed E-state index contributed by atoms with van der Waals surface area (Å²) >= 11 is 1.79. The van der Waals surface area contributed by atoms with Gasteiger partial charge in [0.05, 0.1) is 13.2 Å². The highest BCUT2D eigenvalue weighted by Crippen LogP contribution is 2.15. The van der Waals surface area contributed by atoms with E-state index in [4.69, 9.17) is 4.74 Å². The summed E-state index contributed by atoms with van der Waals surface area (Å²) in [6.45, 7) is 6.91. The van der Waals surface area contributed by atoms with Crippen LogP contribution in [0.3, 0.4) is 0 Å². The summed E-state index contributed by atoms with van der Waals surface area (Å²) in [5, 5.41) is 6.50. The van der Waals surface area contributed by atoms with Gasteiger partial charge in [0.1, 0.15) is 0 Å². The summed E-state index contributed by atoms with van der Waals surface area (Å²) in [4.78, 5) is 15.6. The molecule has 118 valence electrons. The van der Waals surface area contributed by atoms with Gasteiger partial charge in [0.2, 0.25) is 17.8 Å². The first-order chi connectivity index (χ1) is 10.3. The minimum Gasteiger partial charge on any atom is -0.378 e. The Morgan fingerprint density at radius 3 is 2.38 bits per heavy atom. The topological polar surface area (TPSA) is 75.2 Å². The summed E-state index contributed by atoms with van der Waals surface area (Å²) < 4.78 is 5.38. The maximum atomic E-state index is 5.38. The fourth-order valence-electron chi connectivity index (χ4n) is 1.93. The van der Waals surface area contributed by atoms with Crippen molar-refractivity contribution in [2.45, 2.75) is 13.3 Å². The highest BCUT2D eigenvalue weighted by atomic mass is 32.2. The molecule has 0 aromatic carbocycles. The van der Waals surface area contributed by atoms with E-state index in [0.29, 0.717) is 11.9 Å². The molecule has 0 radical (unpaired) electrons. The molecular formula is C13H24N6OS. The Morgan fingerprint density at radius 1 is 1.10 bits per heavy atom. The number of hydrogen-bond acceptors (Lipinski definition) is 8. The molecule has 1 saturated heterocycles. The van der Waals surface area contributed by atoms with Crippen LogP contribution < -0.4 is 15.5 Å². The second-order valence-corrected chi connectivity index (χ2v) is 5.71. The first-order valence-electron chi connectivity index (χ1n) is 7.39. The molecule has 0 spiro atoms. The lowest BCUT2D eigenvalue weighted by Gasteiger charge is -2.27. The normalized spacial score (nSPS) is 15.0. The summed E-state index contributed by atoms with van der Waals surface area (Å²) in [5.41, 5.74) is 0. The molecular weight excluding hydrogens is 288 g/mol. The van der Waals surface area contributed by atoms with Gasteiger partial charge >= 0.3 is 0 Å². The predicted molar refractivity (Wildman–Crippen MR) is 88.5 cm³/mol. The van der Waals surface area contributed by atoms with Crippen LogP contribution in [0.1, 0.15) is 13.3 Å². The lowest BCUT2D eigenvalue weighted by Crippen LogP contribution is -2.37. The van der Waals surface area contributed by atoms with Crippen LogP contribution in [0, 0.1) is 0 Å². The fourth-order valence-corrected chi connectivity index (χ4v) is 2.24. The zero-order chi connectivity index (χ0) is 14.9. The van der Waals surface area contributed by atoms with Gasteiger partial charge in [0, 0.05) is 31.9 Å². The van der Waals surface area contributed by atoms with Crippen molar-refractivity contribution in [3.05, 3.63) is 0 Å². The Kier molecular flexibility index (Phi) is 6.81. The molecule has 1 aromatic heterocycles. The average molecular weight is 312 g/mol. The molecule has 1 fully saturated rings. The van der Waals surface area contributed by atoms with Crippen molar-refractivity contribution >= 4 is 29.6 Å². The van der Waals surface area contributed by atoms with Crippen LogP contribution in [-0.4, -0.2) is 66.4 Å². The number of thioether (sulfide) groups is 1. The number of nitrogens with zero attached hydrogens (tertiary/aromatic N) is 4. The van der Waals surface area contributed by atoms with E-state index in [1.807, 2.05) is 0 Å². The molecule has 2 rings (SSSR count). The van der Waals surface area contributed by atoms with Gasteiger partial charge in [0.15, 0.2) is 0 Å². The predicted octanol–water partition coefficient (Wildman–Crippen LogP) is 1.30. The van der Waals surface area contributed by atoms with Gasteiger partial charge in [0.25, 0.3) is 0 Å². The minimum absolute atomic E-state index is 0.638. The van der Waals surface area contributed by atoms with E-state index in [0.717, 1.165) is 57.5 Å². The van der Waals surface area contributed by atoms with Crippen molar-refractivity contribution in [3.8, 4) is 0 Å². The molecule has 2 heterocycles.